The molecular formula is C11H14FNO5. The van der Waals surface area contributed by atoms with Crippen LogP contribution in [-0.4, -0.2) is 45.2 Å². The van der Waals surface area contributed by atoms with E-state index >= 15 is 0 Å². The fourth-order valence-corrected chi connectivity index (χ4v) is 1.99. The maximum Gasteiger partial charge on any atom is 0.253 e. The molecule has 4 unspecified atom stereocenters. The number of hydrogen-bond acceptors (Lipinski definition) is 5. The highest BCUT2D eigenvalue weighted by molar-refractivity contribution is 5.24. The number of H-pyrrole nitrogens is 1. The summed E-state index contributed by atoms with van der Waals surface area (Å²) in [6.45, 7) is 0.817. The first kappa shape index (κ1) is 13.2. The van der Waals surface area contributed by atoms with E-state index in [1.54, 1.807) is 0 Å². The Bertz CT molecular complexity index is 503. The van der Waals surface area contributed by atoms with Crippen molar-refractivity contribution < 1.29 is 24.4 Å². The lowest BCUT2D eigenvalue weighted by atomic mass is 10.0. The zero-order valence-corrected chi connectivity index (χ0v) is 9.63. The van der Waals surface area contributed by atoms with Crippen LogP contribution in [0.5, 0.6) is 0 Å². The summed E-state index contributed by atoms with van der Waals surface area (Å²) in [4.78, 5) is 13.5. The minimum absolute atomic E-state index is 0.0467. The summed E-state index contributed by atoms with van der Waals surface area (Å²) in [7, 11) is 0. The molecular weight excluding hydrogens is 245 g/mol. The fourth-order valence-electron chi connectivity index (χ4n) is 1.99. The Morgan fingerprint density at radius 3 is 2.67 bits per heavy atom. The van der Waals surface area contributed by atoms with E-state index in [1.165, 1.54) is 6.92 Å². The van der Waals surface area contributed by atoms with Gasteiger partial charge in [0.15, 0.2) is 0 Å². The number of rotatable bonds is 2. The molecule has 2 rings (SSSR count). The lowest BCUT2D eigenvalue weighted by Crippen LogP contribution is -2.32. The molecule has 0 aromatic carbocycles. The third-order valence-corrected chi connectivity index (χ3v) is 3.13. The van der Waals surface area contributed by atoms with E-state index in [4.69, 9.17) is 9.84 Å². The molecule has 0 amide bonds. The van der Waals surface area contributed by atoms with Crippen molar-refractivity contribution in [2.75, 3.05) is 6.61 Å². The van der Waals surface area contributed by atoms with Crippen molar-refractivity contribution in [2.45, 2.75) is 31.3 Å². The second kappa shape index (κ2) is 4.77. The molecule has 4 N–H and O–H groups in total. The molecule has 0 saturated carbocycles. The Balaban J connectivity index is 2.39. The molecule has 1 saturated heterocycles. The maximum absolute atomic E-state index is 13.9. The number of pyridine rings is 1. The largest absolute Gasteiger partial charge is 0.394 e. The number of hydrogen-bond donors (Lipinski definition) is 4. The summed E-state index contributed by atoms with van der Waals surface area (Å²) in [5.41, 5.74) is -0.733. The van der Waals surface area contributed by atoms with Crippen LogP contribution in [0.1, 0.15) is 17.2 Å². The molecule has 4 atom stereocenters. The molecule has 2 heterocycles. The highest BCUT2D eigenvalue weighted by atomic mass is 19.1. The van der Waals surface area contributed by atoms with Gasteiger partial charge < -0.3 is 25.0 Å². The van der Waals surface area contributed by atoms with Gasteiger partial charge in [0.05, 0.1) is 12.2 Å². The van der Waals surface area contributed by atoms with E-state index in [0.29, 0.717) is 0 Å². The number of ether oxygens (including phenoxy) is 1. The second-order valence-corrected chi connectivity index (χ2v) is 4.27. The molecule has 0 aliphatic carbocycles. The highest BCUT2D eigenvalue weighted by Crippen LogP contribution is 2.34. The number of aliphatic hydroxyl groups excluding tert-OH is 3. The van der Waals surface area contributed by atoms with Crippen LogP contribution in [-0.2, 0) is 4.74 Å². The SMILES string of the molecule is Cc1c(F)c(C2OC(CO)C(O)C2O)c[nH]c1=O. The van der Waals surface area contributed by atoms with Gasteiger partial charge in [0, 0.05) is 11.8 Å². The van der Waals surface area contributed by atoms with Crippen LogP contribution in [0.3, 0.4) is 0 Å². The zero-order chi connectivity index (χ0) is 13.4. The van der Waals surface area contributed by atoms with E-state index in [1.807, 2.05) is 0 Å². The average molecular weight is 259 g/mol. The maximum atomic E-state index is 13.9. The van der Waals surface area contributed by atoms with Crippen molar-refractivity contribution in [1.82, 2.24) is 4.98 Å². The van der Waals surface area contributed by atoms with Gasteiger partial charge in [0.25, 0.3) is 5.56 Å². The summed E-state index contributed by atoms with van der Waals surface area (Å²) in [6, 6.07) is 0. The van der Waals surface area contributed by atoms with Crippen LogP contribution in [0.15, 0.2) is 11.0 Å². The molecule has 1 aliphatic rings. The minimum atomic E-state index is -1.36. The normalized spacial score (nSPS) is 31.8. The molecule has 1 aromatic heterocycles. The summed E-state index contributed by atoms with van der Waals surface area (Å²) in [5.74, 6) is -0.784. The number of halogens is 1. The van der Waals surface area contributed by atoms with Crippen LogP contribution in [0.4, 0.5) is 4.39 Å². The van der Waals surface area contributed by atoms with E-state index in [-0.39, 0.29) is 11.1 Å². The van der Waals surface area contributed by atoms with E-state index in [9.17, 15) is 19.4 Å². The Morgan fingerprint density at radius 1 is 1.44 bits per heavy atom. The van der Waals surface area contributed by atoms with Gasteiger partial charge in [-0.15, -0.1) is 0 Å². The summed E-state index contributed by atoms with van der Waals surface area (Å²) >= 11 is 0. The van der Waals surface area contributed by atoms with E-state index in [0.717, 1.165) is 6.20 Å². The van der Waals surface area contributed by atoms with Gasteiger partial charge in [-0.2, -0.15) is 0 Å². The number of nitrogens with one attached hydrogen (secondary N) is 1. The topological polar surface area (TPSA) is 103 Å². The highest BCUT2D eigenvalue weighted by Gasteiger charge is 2.44. The molecule has 7 heteroatoms. The molecule has 1 aromatic rings. The number of aromatic amines is 1. The molecule has 1 aliphatic heterocycles. The third-order valence-electron chi connectivity index (χ3n) is 3.13. The molecule has 100 valence electrons. The smallest absolute Gasteiger partial charge is 0.253 e. The average Bonchev–Trinajstić information content (AvgIpc) is 2.64. The predicted molar refractivity (Wildman–Crippen MR) is 58.5 cm³/mol. The van der Waals surface area contributed by atoms with E-state index in [2.05, 4.69) is 4.98 Å². The van der Waals surface area contributed by atoms with Crippen LogP contribution < -0.4 is 5.56 Å². The first-order valence-electron chi connectivity index (χ1n) is 5.47. The first-order valence-corrected chi connectivity index (χ1v) is 5.47. The first-order chi connectivity index (χ1) is 8.47. The number of aromatic nitrogens is 1. The molecule has 6 nitrogen and oxygen atoms in total. The standard InChI is InChI=1S/C11H14FNO5/c1-4-7(12)5(2-13-11(4)17)10-9(16)8(15)6(3-14)18-10/h2,6,8-10,14-16H,3H2,1H3,(H,13,17). The summed E-state index contributed by atoms with van der Waals surface area (Å²) < 4.78 is 19.1. The summed E-state index contributed by atoms with van der Waals surface area (Å²) in [6.07, 6.45) is -3.65. The van der Waals surface area contributed by atoms with Crippen molar-refractivity contribution >= 4 is 0 Å². The Hall–Kier alpha value is -1.28. The minimum Gasteiger partial charge on any atom is -0.394 e. The van der Waals surface area contributed by atoms with Gasteiger partial charge in [0.1, 0.15) is 30.2 Å². The molecule has 1 fully saturated rings. The van der Waals surface area contributed by atoms with Gasteiger partial charge >= 0.3 is 0 Å². The van der Waals surface area contributed by atoms with E-state index < -0.39 is 42.4 Å². The monoisotopic (exact) mass is 259 g/mol. The molecule has 0 radical (unpaired) electrons. The van der Waals surface area contributed by atoms with Gasteiger partial charge in [-0.05, 0) is 6.92 Å². The van der Waals surface area contributed by atoms with Crippen molar-refractivity contribution in [1.29, 1.82) is 0 Å². The Labute approximate surface area is 102 Å². The Kier molecular flexibility index (Phi) is 3.49. The number of aliphatic hydroxyl groups is 3. The van der Waals surface area contributed by atoms with Crippen LogP contribution in [0.25, 0.3) is 0 Å². The van der Waals surface area contributed by atoms with Gasteiger partial charge in [0.2, 0.25) is 0 Å². The second-order valence-electron chi connectivity index (χ2n) is 4.27. The van der Waals surface area contributed by atoms with Crippen LogP contribution in [0, 0.1) is 12.7 Å². The lowest BCUT2D eigenvalue weighted by molar-refractivity contribution is -0.0238. The van der Waals surface area contributed by atoms with Crippen LogP contribution in [0.2, 0.25) is 0 Å². The zero-order valence-electron chi connectivity index (χ0n) is 9.63. The van der Waals surface area contributed by atoms with Crippen molar-refractivity contribution in [3.05, 3.63) is 33.5 Å². The Morgan fingerprint density at radius 2 is 2.11 bits per heavy atom. The molecule has 18 heavy (non-hydrogen) atoms. The van der Waals surface area contributed by atoms with Crippen molar-refractivity contribution in [3.63, 3.8) is 0 Å². The summed E-state index contributed by atoms with van der Waals surface area (Å²) in [5, 5.41) is 28.3. The third kappa shape index (κ3) is 1.95. The molecule has 0 spiro atoms. The van der Waals surface area contributed by atoms with Crippen LogP contribution >= 0.6 is 0 Å². The van der Waals surface area contributed by atoms with Crippen molar-refractivity contribution in [2.24, 2.45) is 0 Å². The van der Waals surface area contributed by atoms with Crippen molar-refractivity contribution in [3.8, 4) is 0 Å². The predicted octanol–water partition coefficient (Wildman–Crippen LogP) is -1.02. The van der Waals surface area contributed by atoms with Gasteiger partial charge in [-0.25, -0.2) is 4.39 Å². The van der Waals surface area contributed by atoms with Gasteiger partial charge in [-0.3, -0.25) is 4.79 Å². The van der Waals surface area contributed by atoms with Gasteiger partial charge in [-0.1, -0.05) is 0 Å². The molecule has 0 bridgehead atoms. The lowest BCUT2D eigenvalue weighted by Gasteiger charge is -2.16. The quantitative estimate of drug-likeness (QED) is 0.544. The fraction of sp³-hybridized carbons (Fsp3) is 0.545.